The summed E-state index contributed by atoms with van der Waals surface area (Å²) < 4.78 is 0. The van der Waals surface area contributed by atoms with Gasteiger partial charge in [0.1, 0.15) is 0 Å². The van der Waals surface area contributed by atoms with Gasteiger partial charge in [-0.05, 0) is 45.7 Å². The molecule has 0 aromatic carbocycles. The van der Waals surface area contributed by atoms with Crippen molar-refractivity contribution < 1.29 is 5.11 Å². The van der Waals surface area contributed by atoms with Crippen molar-refractivity contribution in [3.05, 3.63) is 0 Å². The molecule has 0 aromatic rings. The lowest BCUT2D eigenvalue weighted by atomic mass is 9.82. The Bertz CT molecular complexity index is 176. The Morgan fingerprint density at radius 1 is 1.40 bits per heavy atom. The first kappa shape index (κ1) is 12.9. The lowest BCUT2D eigenvalue weighted by molar-refractivity contribution is -0.00948. The molecule has 0 bridgehead atoms. The first-order valence-electron chi connectivity index (χ1n) is 6.24. The van der Waals surface area contributed by atoms with Crippen LogP contribution in [0.3, 0.4) is 0 Å². The Morgan fingerprint density at radius 2 is 2.00 bits per heavy atom. The molecule has 0 unspecified atom stereocenters. The summed E-state index contributed by atoms with van der Waals surface area (Å²) in [4.78, 5) is 2.44. The summed E-state index contributed by atoms with van der Waals surface area (Å²) in [5.74, 6) is 0. The van der Waals surface area contributed by atoms with Crippen LogP contribution in [-0.4, -0.2) is 41.8 Å². The molecule has 1 fully saturated rings. The molecule has 3 nitrogen and oxygen atoms in total. The quantitative estimate of drug-likeness (QED) is 0.726. The number of unbranched alkanes of at least 4 members (excludes halogenated alkanes) is 1. The van der Waals surface area contributed by atoms with Gasteiger partial charge in [-0.2, -0.15) is 0 Å². The van der Waals surface area contributed by atoms with Gasteiger partial charge >= 0.3 is 0 Å². The predicted octanol–water partition coefficient (Wildman–Crippen LogP) is 1.35. The molecule has 1 aliphatic carbocycles. The molecule has 0 radical (unpaired) electrons. The van der Waals surface area contributed by atoms with Crippen LogP contribution in [0.15, 0.2) is 0 Å². The summed E-state index contributed by atoms with van der Waals surface area (Å²) in [5, 5.41) is 10.0. The van der Waals surface area contributed by atoms with Gasteiger partial charge in [-0.1, -0.05) is 13.3 Å². The second-order valence-corrected chi connectivity index (χ2v) is 4.99. The highest BCUT2D eigenvalue weighted by atomic mass is 16.3. The summed E-state index contributed by atoms with van der Waals surface area (Å²) in [7, 11) is 2.20. The van der Waals surface area contributed by atoms with Crippen LogP contribution in [0.25, 0.3) is 0 Å². The average molecular weight is 214 g/mol. The molecule has 1 aliphatic rings. The molecule has 0 aliphatic heterocycles. The van der Waals surface area contributed by atoms with Crippen LogP contribution < -0.4 is 5.73 Å². The van der Waals surface area contributed by atoms with Gasteiger partial charge in [0.05, 0.1) is 5.60 Å². The molecule has 0 amide bonds. The zero-order valence-electron chi connectivity index (χ0n) is 10.2. The summed E-state index contributed by atoms with van der Waals surface area (Å²) in [6.07, 6.45) is 6.44. The van der Waals surface area contributed by atoms with Crippen molar-refractivity contribution in [3.8, 4) is 0 Å². The normalized spacial score (nSPS) is 32.2. The van der Waals surface area contributed by atoms with Gasteiger partial charge in [0, 0.05) is 12.6 Å². The molecular weight excluding hydrogens is 188 g/mol. The van der Waals surface area contributed by atoms with Crippen LogP contribution in [0, 0.1) is 0 Å². The maximum absolute atomic E-state index is 10.0. The highest BCUT2D eigenvalue weighted by Gasteiger charge is 2.32. The van der Waals surface area contributed by atoms with Crippen molar-refractivity contribution in [3.63, 3.8) is 0 Å². The van der Waals surface area contributed by atoms with Crippen molar-refractivity contribution >= 4 is 0 Å². The van der Waals surface area contributed by atoms with Gasteiger partial charge < -0.3 is 15.7 Å². The molecule has 15 heavy (non-hydrogen) atoms. The molecule has 90 valence electrons. The van der Waals surface area contributed by atoms with E-state index in [0.29, 0.717) is 12.6 Å². The number of rotatable bonds is 5. The molecule has 0 atom stereocenters. The van der Waals surface area contributed by atoms with Crippen LogP contribution in [0.4, 0.5) is 0 Å². The van der Waals surface area contributed by atoms with E-state index in [-0.39, 0.29) is 0 Å². The second-order valence-electron chi connectivity index (χ2n) is 4.99. The fraction of sp³-hybridized carbons (Fsp3) is 1.00. The van der Waals surface area contributed by atoms with Crippen molar-refractivity contribution in [2.75, 3.05) is 20.1 Å². The Kier molecular flexibility index (Phi) is 5.03. The maximum atomic E-state index is 10.0. The summed E-state index contributed by atoms with van der Waals surface area (Å²) in [5.41, 5.74) is 5.01. The summed E-state index contributed by atoms with van der Waals surface area (Å²) >= 11 is 0. The average Bonchev–Trinajstić information content (AvgIpc) is 2.27. The van der Waals surface area contributed by atoms with E-state index in [4.69, 9.17) is 5.73 Å². The molecule has 3 heteroatoms. The molecular formula is C12H26N2O. The van der Waals surface area contributed by atoms with E-state index in [9.17, 15) is 5.11 Å². The monoisotopic (exact) mass is 214 g/mol. The van der Waals surface area contributed by atoms with Crippen molar-refractivity contribution in [2.45, 2.75) is 57.1 Å². The summed E-state index contributed by atoms with van der Waals surface area (Å²) in [6.45, 7) is 3.82. The van der Waals surface area contributed by atoms with Gasteiger partial charge in [0.25, 0.3) is 0 Å². The third-order valence-corrected chi connectivity index (χ3v) is 3.75. The van der Waals surface area contributed by atoms with Crippen LogP contribution >= 0.6 is 0 Å². The molecule has 3 N–H and O–H groups in total. The van der Waals surface area contributed by atoms with Gasteiger partial charge in [-0.25, -0.2) is 0 Å². The Balaban J connectivity index is 2.30. The minimum absolute atomic E-state index is 0.415. The Hall–Kier alpha value is -0.120. The van der Waals surface area contributed by atoms with Gasteiger partial charge in [0.15, 0.2) is 0 Å². The highest BCUT2D eigenvalue weighted by molar-refractivity contribution is 4.89. The van der Waals surface area contributed by atoms with Crippen LogP contribution in [0.2, 0.25) is 0 Å². The first-order chi connectivity index (χ1) is 7.11. The zero-order chi connectivity index (χ0) is 11.3. The van der Waals surface area contributed by atoms with E-state index in [1.807, 2.05) is 0 Å². The van der Waals surface area contributed by atoms with Gasteiger partial charge in [-0.15, -0.1) is 0 Å². The first-order valence-corrected chi connectivity index (χ1v) is 6.24. The Labute approximate surface area is 93.6 Å². The van der Waals surface area contributed by atoms with E-state index in [1.54, 1.807) is 0 Å². The van der Waals surface area contributed by atoms with E-state index >= 15 is 0 Å². The van der Waals surface area contributed by atoms with Crippen molar-refractivity contribution in [1.29, 1.82) is 0 Å². The summed E-state index contributed by atoms with van der Waals surface area (Å²) in [6, 6.07) is 0.656. The third kappa shape index (κ3) is 3.74. The predicted molar refractivity (Wildman–Crippen MR) is 63.8 cm³/mol. The number of nitrogens with two attached hydrogens (primary N) is 1. The number of nitrogens with zero attached hydrogens (tertiary/aromatic N) is 1. The topological polar surface area (TPSA) is 49.5 Å². The van der Waals surface area contributed by atoms with E-state index in [0.717, 1.165) is 25.7 Å². The van der Waals surface area contributed by atoms with Gasteiger partial charge in [-0.3, -0.25) is 0 Å². The minimum Gasteiger partial charge on any atom is -0.389 e. The zero-order valence-corrected chi connectivity index (χ0v) is 10.2. The largest absolute Gasteiger partial charge is 0.389 e. The van der Waals surface area contributed by atoms with Crippen molar-refractivity contribution in [2.24, 2.45) is 5.73 Å². The molecule has 1 rings (SSSR count). The van der Waals surface area contributed by atoms with Crippen LogP contribution in [-0.2, 0) is 0 Å². The second kappa shape index (κ2) is 5.83. The lowest BCUT2D eigenvalue weighted by Gasteiger charge is -2.39. The van der Waals surface area contributed by atoms with E-state index in [2.05, 4.69) is 18.9 Å². The molecule has 0 spiro atoms. The maximum Gasteiger partial charge on any atom is 0.0770 e. The fourth-order valence-electron chi connectivity index (χ4n) is 2.37. The molecule has 1 saturated carbocycles. The van der Waals surface area contributed by atoms with Gasteiger partial charge in [0.2, 0.25) is 0 Å². The third-order valence-electron chi connectivity index (χ3n) is 3.75. The molecule has 0 heterocycles. The van der Waals surface area contributed by atoms with Crippen molar-refractivity contribution in [1.82, 2.24) is 4.90 Å². The number of hydrogen-bond donors (Lipinski definition) is 2. The van der Waals surface area contributed by atoms with E-state index in [1.165, 1.54) is 19.4 Å². The van der Waals surface area contributed by atoms with E-state index < -0.39 is 5.60 Å². The van der Waals surface area contributed by atoms with Crippen LogP contribution in [0.1, 0.15) is 45.4 Å². The SMILES string of the molecule is CCCCN(C)C1CCC(O)(CN)CC1. The minimum atomic E-state index is -0.567. The lowest BCUT2D eigenvalue weighted by Crippen LogP contribution is -2.46. The molecule has 0 saturated heterocycles. The fourth-order valence-corrected chi connectivity index (χ4v) is 2.37. The molecule has 0 aromatic heterocycles. The standard InChI is InChI=1S/C12H26N2O/c1-3-4-9-14(2)11-5-7-12(15,10-13)8-6-11/h11,15H,3-10,13H2,1-2H3. The number of aliphatic hydroxyl groups is 1. The smallest absolute Gasteiger partial charge is 0.0770 e. The van der Waals surface area contributed by atoms with Crippen LogP contribution in [0.5, 0.6) is 0 Å². The highest BCUT2D eigenvalue weighted by Crippen LogP contribution is 2.29. The Morgan fingerprint density at radius 3 is 2.47 bits per heavy atom. The number of hydrogen-bond acceptors (Lipinski definition) is 3.